The second-order valence-electron chi connectivity index (χ2n) is 22.7. The zero-order chi connectivity index (χ0) is 59.9. The first-order valence-electron chi connectivity index (χ1n) is 34.7. The predicted octanol–water partition coefficient (Wildman–Crippen LogP) is 24.1. The Morgan fingerprint density at radius 1 is 0.253 bits per heavy atom. The molecule has 0 rings (SSSR count). The van der Waals surface area contributed by atoms with Gasteiger partial charge in [-0.25, -0.2) is 0 Å². The molecular formula is C77H128O6. The van der Waals surface area contributed by atoms with Crippen LogP contribution in [0.4, 0.5) is 0 Å². The summed E-state index contributed by atoms with van der Waals surface area (Å²) in [6.45, 7) is 6.41. The summed E-state index contributed by atoms with van der Waals surface area (Å²) in [4.78, 5) is 38.3. The van der Waals surface area contributed by atoms with Gasteiger partial charge in [0.05, 0.1) is 0 Å². The van der Waals surface area contributed by atoms with Crippen LogP contribution in [0.2, 0.25) is 0 Å². The summed E-state index contributed by atoms with van der Waals surface area (Å²) >= 11 is 0. The van der Waals surface area contributed by atoms with Crippen molar-refractivity contribution >= 4 is 17.9 Å². The third-order valence-electron chi connectivity index (χ3n) is 14.7. The molecule has 472 valence electrons. The number of allylic oxidation sites excluding steroid dienone is 22. The van der Waals surface area contributed by atoms with Crippen LogP contribution in [0, 0.1) is 0 Å². The first-order chi connectivity index (χ1) is 41.0. The zero-order valence-electron chi connectivity index (χ0n) is 54.2. The first kappa shape index (κ1) is 78.5. The Hall–Kier alpha value is -4.45. The Kier molecular flexibility index (Phi) is 66.3. The molecule has 0 aromatic rings. The molecule has 0 amide bonds. The van der Waals surface area contributed by atoms with Crippen molar-refractivity contribution in [2.24, 2.45) is 0 Å². The number of unbranched alkanes of at least 4 members (excludes halogenated alkanes) is 29. The fraction of sp³-hybridized carbons (Fsp3) is 0.675. The average Bonchev–Trinajstić information content (AvgIpc) is 3.49. The van der Waals surface area contributed by atoms with Crippen LogP contribution in [-0.4, -0.2) is 37.2 Å². The van der Waals surface area contributed by atoms with Gasteiger partial charge in [-0.05, 0) is 116 Å². The van der Waals surface area contributed by atoms with Gasteiger partial charge in [0.2, 0.25) is 0 Å². The largest absolute Gasteiger partial charge is 0.462 e. The molecule has 0 aliphatic heterocycles. The van der Waals surface area contributed by atoms with E-state index < -0.39 is 6.10 Å². The maximum Gasteiger partial charge on any atom is 0.306 e. The molecule has 1 unspecified atom stereocenters. The van der Waals surface area contributed by atoms with E-state index in [1.807, 2.05) is 0 Å². The molecule has 0 spiro atoms. The van der Waals surface area contributed by atoms with Crippen molar-refractivity contribution in [1.82, 2.24) is 0 Å². The van der Waals surface area contributed by atoms with E-state index in [4.69, 9.17) is 14.2 Å². The summed E-state index contributed by atoms with van der Waals surface area (Å²) in [6.07, 6.45) is 99.1. The van der Waals surface area contributed by atoms with Crippen molar-refractivity contribution in [3.63, 3.8) is 0 Å². The van der Waals surface area contributed by atoms with Crippen molar-refractivity contribution in [3.05, 3.63) is 134 Å². The van der Waals surface area contributed by atoms with E-state index in [2.05, 4.69) is 154 Å². The number of hydrogen-bond donors (Lipinski definition) is 0. The number of rotatable bonds is 62. The lowest BCUT2D eigenvalue weighted by molar-refractivity contribution is -0.167. The Bertz CT molecular complexity index is 1750. The molecule has 0 aromatic heterocycles. The molecular weight excluding hydrogens is 1020 g/mol. The van der Waals surface area contributed by atoms with Crippen LogP contribution in [0.3, 0.4) is 0 Å². The van der Waals surface area contributed by atoms with Crippen LogP contribution >= 0.6 is 0 Å². The lowest BCUT2D eigenvalue weighted by Crippen LogP contribution is -2.30. The molecule has 0 aromatic carbocycles. The van der Waals surface area contributed by atoms with E-state index in [1.54, 1.807) is 0 Å². The van der Waals surface area contributed by atoms with Crippen LogP contribution < -0.4 is 0 Å². The Morgan fingerprint density at radius 2 is 0.470 bits per heavy atom. The lowest BCUT2D eigenvalue weighted by atomic mass is 10.0. The van der Waals surface area contributed by atoms with Crippen LogP contribution in [0.5, 0.6) is 0 Å². The number of ether oxygens (including phenoxy) is 3. The van der Waals surface area contributed by atoms with Gasteiger partial charge in [-0.15, -0.1) is 0 Å². The molecule has 0 saturated heterocycles. The highest BCUT2D eigenvalue weighted by Gasteiger charge is 2.19. The quantitative estimate of drug-likeness (QED) is 0.0261. The lowest BCUT2D eigenvalue weighted by Gasteiger charge is -2.18. The van der Waals surface area contributed by atoms with E-state index >= 15 is 0 Å². The van der Waals surface area contributed by atoms with Crippen molar-refractivity contribution in [2.45, 2.75) is 322 Å². The van der Waals surface area contributed by atoms with Gasteiger partial charge >= 0.3 is 17.9 Å². The smallest absolute Gasteiger partial charge is 0.306 e. The fourth-order valence-electron chi connectivity index (χ4n) is 9.53. The second kappa shape index (κ2) is 70.0. The summed E-state index contributed by atoms with van der Waals surface area (Å²) < 4.78 is 16.9. The van der Waals surface area contributed by atoms with Crippen molar-refractivity contribution in [1.29, 1.82) is 0 Å². The summed E-state index contributed by atoms with van der Waals surface area (Å²) in [5.74, 6) is -0.884. The Labute approximate surface area is 513 Å². The minimum atomic E-state index is -0.784. The molecule has 0 saturated carbocycles. The summed E-state index contributed by atoms with van der Waals surface area (Å²) in [6, 6.07) is 0. The molecule has 6 heteroatoms. The first-order valence-corrected chi connectivity index (χ1v) is 34.7. The van der Waals surface area contributed by atoms with E-state index in [9.17, 15) is 14.4 Å². The standard InChI is InChI=1S/C77H128O6/c1-4-7-10-13-16-19-21-23-25-27-29-31-33-35-36-37-38-39-40-42-43-45-47-49-51-53-55-58-61-64-67-70-76(79)82-73-74(72-81-75(78)69-66-63-60-57-18-15-12-9-6-3)83-77(80)71-68-65-62-59-56-54-52-50-48-46-44-41-34-32-30-28-26-24-22-20-17-14-11-8-5-2/h7-8,10-11,16-17,19-20,23-26,29-32,35-36,38-39,41,44,74H,4-6,9,12-15,18,21-22,27-28,33-34,37,40,42-43,45-73H2,1-3H3/b10-7-,11-8-,19-16-,20-17-,25-23-,26-24-,31-29-,32-30-,36-35-,39-38-,44-41-. The van der Waals surface area contributed by atoms with Crippen LogP contribution in [0.25, 0.3) is 0 Å². The summed E-state index contributed by atoms with van der Waals surface area (Å²) in [7, 11) is 0. The van der Waals surface area contributed by atoms with Gasteiger partial charge in [-0.1, -0.05) is 315 Å². The Morgan fingerprint density at radius 3 is 0.735 bits per heavy atom. The third-order valence-corrected chi connectivity index (χ3v) is 14.7. The second-order valence-corrected chi connectivity index (χ2v) is 22.7. The predicted molar refractivity (Wildman–Crippen MR) is 362 cm³/mol. The molecule has 83 heavy (non-hydrogen) atoms. The van der Waals surface area contributed by atoms with E-state index in [1.165, 1.54) is 141 Å². The van der Waals surface area contributed by atoms with Crippen LogP contribution in [-0.2, 0) is 28.6 Å². The summed E-state index contributed by atoms with van der Waals surface area (Å²) in [5.41, 5.74) is 0. The van der Waals surface area contributed by atoms with Gasteiger partial charge in [0.15, 0.2) is 6.10 Å². The van der Waals surface area contributed by atoms with E-state index in [0.29, 0.717) is 19.3 Å². The third kappa shape index (κ3) is 68.2. The molecule has 0 radical (unpaired) electrons. The number of carbonyl (C=O) groups is 3. The molecule has 0 heterocycles. The molecule has 6 nitrogen and oxygen atoms in total. The maximum absolute atomic E-state index is 12.9. The topological polar surface area (TPSA) is 78.9 Å². The van der Waals surface area contributed by atoms with Crippen molar-refractivity contribution in [3.8, 4) is 0 Å². The van der Waals surface area contributed by atoms with E-state index in [-0.39, 0.29) is 31.1 Å². The van der Waals surface area contributed by atoms with Gasteiger partial charge < -0.3 is 14.2 Å². The highest BCUT2D eigenvalue weighted by Crippen LogP contribution is 2.16. The van der Waals surface area contributed by atoms with Gasteiger partial charge in [0, 0.05) is 19.3 Å². The molecule has 0 aliphatic carbocycles. The number of esters is 3. The normalized spacial score (nSPS) is 13.0. The molecule has 0 N–H and O–H groups in total. The maximum atomic E-state index is 12.9. The molecule has 0 aliphatic rings. The number of carbonyl (C=O) groups excluding carboxylic acids is 3. The molecule has 0 fully saturated rings. The van der Waals surface area contributed by atoms with Crippen molar-refractivity contribution < 1.29 is 28.6 Å². The van der Waals surface area contributed by atoms with Gasteiger partial charge in [-0.2, -0.15) is 0 Å². The van der Waals surface area contributed by atoms with E-state index in [0.717, 1.165) is 135 Å². The number of hydrogen-bond acceptors (Lipinski definition) is 6. The Balaban J connectivity index is 4.19. The van der Waals surface area contributed by atoms with Crippen LogP contribution in [0.1, 0.15) is 316 Å². The highest BCUT2D eigenvalue weighted by atomic mass is 16.6. The molecule has 0 bridgehead atoms. The van der Waals surface area contributed by atoms with Gasteiger partial charge in [-0.3, -0.25) is 14.4 Å². The summed E-state index contributed by atoms with van der Waals surface area (Å²) in [5, 5.41) is 0. The van der Waals surface area contributed by atoms with Crippen LogP contribution in [0.15, 0.2) is 134 Å². The SMILES string of the molecule is CC/C=C\C/C=C\C/C=C\C/C=C\C/C=C\C/C=C\CCCCCCCCCCCCCCC(=O)OCC(COC(=O)CCCCCCCCCCC)OC(=O)CCCCCCCCCCC/C=C\C/C=C\C/C=C\C/C=C\C/C=C\CC. The molecule has 1 atom stereocenters. The highest BCUT2D eigenvalue weighted by molar-refractivity contribution is 5.71. The van der Waals surface area contributed by atoms with Gasteiger partial charge in [0.1, 0.15) is 13.2 Å². The van der Waals surface area contributed by atoms with Gasteiger partial charge in [0.25, 0.3) is 0 Å². The minimum Gasteiger partial charge on any atom is -0.462 e. The zero-order valence-corrected chi connectivity index (χ0v) is 54.2. The van der Waals surface area contributed by atoms with Crippen molar-refractivity contribution in [2.75, 3.05) is 13.2 Å². The monoisotopic (exact) mass is 1150 g/mol. The fourth-order valence-corrected chi connectivity index (χ4v) is 9.53. The average molecular weight is 1150 g/mol. The minimum absolute atomic E-state index is 0.0807.